The molecule has 0 atom stereocenters. The minimum atomic E-state index is -0.391. The van der Waals surface area contributed by atoms with Gasteiger partial charge in [-0.25, -0.2) is 4.79 Å². The van der Waals surface area contributed by atoms with E-state index in [9.17, 15) is 9.90 Å². The summed E-state index contributed by atoms with van der Waals surface area (Å²) in [7, 11) is 0. The van der Waals surface area contributed by atoms with Crippen molar-refractivity contribution in [1.82, 2.24) is 5.32 Å². The minimum Gasteiger partial charge on any atom is -0.508 e. The van der Waals surface area contributed by atoms with Gasteiger partial charge < -0.3 is 14.8 Å². The molecule has 0 aliphatic heterocycles. The number of thioether (sulfide) groups is 1. The Labute approximate surface area is 150 Å². The number of hydrogen-bond donors (Lipinski definition) is 2. The third-order valence-electron chi connectivity index (χ3n) is 4.04. The maximum atomic E-state index is 11.8. The van der Waals surface area contributed by atoms with Crippen molar-refractivity contribution >= 4 is 22.7 Å². The number of phenols is 1. The first-order valence-electron chi connectivity index (χ1n) is 8.29. The molecule has 0 aliphatic rings. The summed E-state index contributed by atoms with van der Waals surface area (Å²) in [5.41, 5.74) is 1.56. The zero-order valence-corrected chi connectivity index (χ0v) is 14.9. The fourth-order valence-electron chi connectivity index (χ4n) is 2.69. The fraction of sp³-hybridized carbons (Fsp3) is 0.250. The summed E-state index contributed by atoms with van der Waals surface area (Å²) in [6, 6.07) is 15.3. The quantitative estimate of drug-likeness (QED) is 0.380. The Morgan fingerprint density at radius 2 is 1.96 bits per heavy atom. The van der Waals surface area contributed by atoms with Crippen LogP contribution in [0.25, 0.3) is 11.0 Å². The number of rotatable bonds is 7. The van der Waals surface area contributed by atoms with Crippen molar-refractivity contribution in [2.24, 2.45) is 0 Å². The number of hydrogen-bond acceptors (Lipinski definition) is 5. The van der Waals surface area contributed by atoms with Crippen LogP contribution in [-0.4, -0.2) is 17.4 Å². The highest BCUT2D eigenvalue weighted by atomic mass is 32.2. The van der Waals surface area contributed by atoms with E-state index >= 15 is 0 Å². The monoisotopic (exact) mass is 355 g/mol. The molecule has 0 saturated carbocycles. The third-order valence-corrected chi connectivity index (χ3v) is 5.14. The first-order valence-corrected chi connectivity index (χ1v) is 9.27. The second-order valence-corrected chi connectivity index (χ2v) is 7.04. The van der Waals surface area contributed by atoms with Gasteiger partial charge in [0.25, 0.3) is 0 Å². The van der Waals surface area contributed by atoms with Gasteiger partial charge >= 0.3 is 5.63 Å². The van der Waals surface area contributed by atoms with E-state index < -0.39 is 5.63 Å². The first-order chi connectivity index (χ1) is 12.1. The molecule has 2 aromatic carbocycles. The van der Waals surface area contributed by atoms with E-state index in [2.05, 4.69) is 17.4 Å². The maximum Gasteiger partial charge on any atom is 0.336 e. The van der Waals surface area contributed by atoms with Crippen LogP contribution in [0.2, 0.25) is 0 Å². The topological polar surface area (TPSA) is 62.5 Å². The molecule has 0 unspecified atom stereocenters. The van der Waals surface area contributed by atoms with Gasteiger partial charge in [-0.2, -0.15) is 0 Å². The molecule has 3 rings (SSSR count). The summed E-state index contributed by atoms with van der Waals surface area (Å²) in [4.78, 5) is 13.1. The molecule has 0 bridgehead atoms. The van der Waals surface area contributed by atoms with Crippen LogP contribution in [-0.2, 0) is 6.54 Å². The molecule has 0 fully saturated rings. The van der Waals surface area contributed by atoms with Gasteiger partial charge in [-0.05, 0) is 55.5 Å². The van der Waals surface area contributed by atoms with Gasteiger partial charge in [0.1, 0.15) is 11.3 Å². The van der Waals surface area contributed by atoms with Crippen molar-refractivity contribution in [3.63, 3.8) is 0 Å². The van der Waals surface area contributed by atoms with E-state index in [1.807, 2.05) is 30.0 Å². The number of nitrogens with one attached hydrogen (secondary N) is 1. The van der Waals surface area contributed by atoms with Gasteiger partial charge in [-0.3, -0.25) is 0 Å². The van der Waals surface area contributed by atoms with Crippen LogP contribution >= 0.6 is 11.8 Å². The lowest BCUT2D eigenvalue weighted by Crippen LogP contribution is -2.17. The Hall–Kier alpha value is -2.24. The van der Waals surface area contributed by atoms with Gasteiger partial charge in [-0.15, -0.1) is 11.8 Å². The summed E-state index contributed by atoms with van der Waals surface area (Å²) in [5, 5.41) is 14.0. The van der Waals surface area contributed by atoms with Crippen molar-refractivity contribution in [1.29, 1.82) is 0 Å². The molecule has 0 radical (unpaired) electrons. The van der Waals surface area contributed by atoms with Crippen molar-refractivity contribution in [2.75, 3.05) is 12.3 Å². The Kier molecular flexibility index (Phi) is 5.79. The maximum absolute atomic E-state index is 11.8. The van der Waals surface area contributed by atoms with Crippen LogP contribution in [0.1, 0.15) is 17.5 Å². The number of aromatic hydroxyl groups is 1. The molecule has 4 nitrogen and oxygen atoms in total. The normalized spacial score (nSPS) is 11.1. The molecule has 0 saturated heterocycles. The average Bonchev–Trinajstić information content (AvgIpc) is 2.62. The number of fused-ring (bicyclic) bond motifs is 1. The second-order valence-electron chi connectivity index (χ2n) is 5.87. The highest BCUT2D eigenvalue weighted by molar-refractivity contribution is 7.99. The summed E-state index contributed by atoms with van der Waals surface area (Å²) in [6.07, 6.45) is 1.04. The van der Waals surface area contributed by atoms with E-state index in [1.165, 1.54) is 11.0 Å². The molecule has 2 N–H and O–H groups in total. The number of aryl methyl sites for hydroxylation is 1. The van der Waals surface area contributed by atoms with E-state index in [-0.39, 0.29) is 5.75 Å². The van der Waals surface area contributed by atoms with Gasteiger partial charge in [0.05, 0.1) is 0 Å². The summed E-state index contributed by atoms with van der Waals surface area (Å²) in [5.74, 6) is 1.18. The highest BCUT2D eigenvalue weighted by Crippen LogP contribution is 2.27. The molecule has 1 aromatic heterocycles. The molecule has 0 spiro atoms. The summed E-state index contributed by atoms with van der Waals surface area (Å²) >= 11 is 1.84. The average molecular weight is 355 g/mol. The SMILES string of the molecule is Cc1c(O)ccc2c(CNCCCSc3ccccc3)cc(=O)oc12. The lowest BCUT2D eigenvalue weighted by Gasteiger charge is -2.09. The zero-order valence-electron chi connectivity index (χ0n) is 14.1. The van der Waals surface area contributed by atoms with Crippen LogP contribution in [0.5, 0.6) is 5.75 Å². The van der Waals surface area contributed by atoms with Crippen molar-refractivity contribution in [2.45, 2.75) is 24.8 Å². The Morgan fingerprint density at radius 1 is 1.16 bits per heavy atom. The largest absolute Gasteiger partial charge is 0.508 e. The lowest BCUT2D eigenvalue weighted by molar-refractivity contribution is 0.468. The van der Waals surface area contributed by atoms with Crippen LogP contribution in [0, 0.1) is 6.92 Å². The molecule has 1 heterocycles. The number of phenolic OH excluding ortho intramolecular Hbond substituents is 1. The van der Waals surface area contributed by atoms with Crippen molar-refractivity contribution in [3.05, 3.63) is 70.1 Å². The van der Waals surface area contributed by atoms with E-state index in [1.54, 1.807) is 19.1 Å². The summed E-state index contributed by atoms with van der Waals surface area (Å²) in [6.45, 7) is 3.22. The van der Waals surface area contributed by atoms with E-state index in [0.29, 0.717) is 17.7 Å². The molecule has 130 valence electrons. The van der Waals surface area contributed by atoms with Crippen LogP contribution in [0.4, 0.5) is 0 Å². The van der Waals surface area contributed by atoms with Gasteiger partial charge in [0, 0.05) is 28.5 Å². The highest BCUT2D eigenvalue weighted by Gasteiger charge is 2.10. The van der Waals surface area contributed by atoms with Crippen molar-refractivity contribution < 1.29 is 9.52 Å². The molecule has 25 heavy (non-hydrogen) atoms. The van der Waals surface area contributed by atoms with Gasteiger partial charge in [0.15, 0.2) is 0 Å². The predicted molar refractivity (Wildman–Crippen MR) is 102 cm³/mol. The standard InChI is InChI=1S/C20H21NO3S/c1-14-18(22)9-8-17-15(12-19(23)24-20(14)17)13-21-10-5-11-25-16-6-3-2-4-7-16/h2-4,6-9,12,21-22H,5,10-11,13H2,1H3. The molecule has 0 amide bonds. The molecule has 0 aliphatic carbocycles. The van der Waals surface area contributed by atoms with E-state index in [0.717, 1.165) is 29.7 Å². The van der Waals surface area contributed by atoms with Crippen LogP contribution < -0.4 is 10.9 Å². The Morgan fingerprint density at radius 3 is 2.76 bits per heavy atom. The Bertz CT molecular complexity index is 906. The van der Waals surface area contributed by atoms with E-state index in [4.69, 9.17) is 4.42 Å². The summed E-state index contributed by atoms with van der Waals surface area (Å²) < 4.78 is 5.26. The smallest absolute Gasteiger partial charge is 0.336 e. The van der Waals surface area contributed by atoms with Crippen LogP contribution in [0.15, 0.2) is 62.6 Å². The molecule has 5 heteroatoms. The second kappa shape index (κ2) is 8.23. The zero-order chi connectivity index (χ0) is 17.6. The van der Waals surface area contributed by atoms with Gasteiger partial charge in [-0.1, -0.05) is 18.2 Å². The minimum absolute atomic E-state index is 0.138. The molecule has 3 aromatic rings. The van der Waals surface area contributed by atoms with Crippen LogP contribution in [0.3, 0.4) is 0 Å². The Balaban J connectivity index is 1.56. The molecular weight excluding hydrogens is 334 g/mol. The molecular formula is C20H21NO3S. The van der Waals surface area contributed by atoms with Crippen molar-refractivity contribution in [3.8, 4) is 5.75 Å². The third kappa shape index (κ3) is 4.44. The predicted octanol–water partition coefficient (Wildman–Crippen LogP) is 4.08. The lowest BCUT2D eigenvalue weighted by atomic mass is 10.1. The van der Waals surface area contributed by atoms with Gasteiger partial charge in [0.2, 0.25) is 0 Å². The first kappa shape index (κ1) is 17.6. The fourth-order valence-corrected chi connectivity index (χ4v) is 3.56. The number of benzene rings is 2.